The highest BCUT2D eigenvalue weighted by molar-refractivity contribution is 5.89. The molecule has 0 aromatic heterocycles. The molecule has 0 spiro atoms. The summed E-state index contributed by atoms with van der Waals surface area (Å²) in [5, 5.41) is 2.64. The normalized spacial score (nSPS) is 9.36. The second kappa shape index (κ2) is 4.48. The van der Waals surface area contributed by atoms with Crippen LogP contribution >= 0.6 is 0 Å². The average Bonchev–Trinajstić information content (AvgIpc) is 2.16. The molecule has 1 amide bonds. The third-order valence-electron chi connectivity index (χ3n) is 1.68. The molecule has 0 bridgehead atoms. The molecule has 0 heterocycles. The smallest absolute Gasteiger partial charge is 0.221 e. The molecule has 0 saturated heterocycles. The van der Waals surface area contributed by atoms with Gasteiger partial charge in [-0.3, -0.25) is 10.6 Å². The number of hydrogen-bond acceptors (Lipinski definition) is 4. The number of nitrogen functional groups attached to an aromatic ring is 1. The molecule has 5 heteroatoms. The van der Waals surface area contributed by atoms with Crippen molar-refractivity contribution in [3.63, 3.8) is 0 Å². The fraction of sp³-hybridized carbons (Fsp3) is 0.222. The van der Waals surface area contributed by atoms with Crippen LogP contribution in [0.25, 0.3) is 0 Å². The van der Waals surface area contributed by atoms with E-state index < -0.39 is 0 Å². The van der Waals surface area contributed by atoms with E-state index in [2.05, 4.69) is 10.7 Å². The van der Waals surface area contributed by atoms with Gasteiger partial charge in [0.15, 0.2) is 0 Å². The molecule has 1 aromatic carbocycles. The highest BCUT2D eigenvalue weighted by Crippen LogP contribution is 2.26. The van der Waals surface area contributed by atoms with Crippen molar-refractivity contribution >= 4 is 17.3 Å². The van der Waals surface area contributed by atoms with Gasteiger partial charge >= 0.3 is 0 Å². The summed E-state index contributed by atoms with van der Waals surface area (Å²) >= 11 is 0. The van der Waals surface area contributed by atoms with E-state index in [1.807, 2.05) is 0 Å². The van der Waals surface area contributed by atoms with Crippen LogP contribution in [0.5, 0.6) is 5.75 Å². The Bertz CT molecular complexity index is 339. The van der Waals surface area contributed by atoms with Crippen molar-refractivity contribution in [2.24, 2.45) is 5.84 Å². The summed E-state index contributed by atoms with van der Waals surface area (Å²) in [5.41, 5.74) is 3.78. The number of carbonyl (C=O) groups excluding carboxylic acids is 1. The molecule has 0 fully saturated rings. The third kappa shape index (κ3) is 2.37. The number of nitrogens with one attached hydrogen (secondary N) is 2. The number of amides is 1. The van der Waals surface area contributed by atoms with Crippen molar-refractivity contribution in [1.29, 1.82) is 0 Å². The van der Waals surface area contributed by atoms with Gasteiger partial charge in [-0.2, -0.15) is 0 Å². The van der Waals surface area contributed by atoms with Crippen molar-refractivity contribution < 1.29 is 9.53 Å². The van der Waals surface area contributed by atoms with E-state index >= 15 is 0 Å². The highest BCUT2D eigenvalue weighted by atomic mass is 16.5. The van der Waals surface area contributed by atoms with Gasteiger partial charge in [0.2, 0.25) is 5.91 Å². The zero-order chi connectivity index (χ0) is 10.6. The molecule has 0 aliphatic rings. The standard InChI is InChI=1S/C9H13N3O2/c1-6(13)11-7-3-4-9(14-2)8(5-7)12-10/h3-5,12H,10H2,1-2H3,(H,11,13). The van der Waals surface area contributed by atoms with Crippen LogP contribution < -0.4 is 21.3 Å². The van der Waals surface area contributed by atoms with Crippen LogP contribution in [0, 0.1) is 0 Å². The maximum atomic E-state index is 10.8. The summed E-state index contributed by atoms with van der Waals surface area (Å²) in [5.74, 6) is 5.78. The Hall–Kier alpha value is -1.75. The zero-order valence-corrected chi connectivity index (χ0v) is 8.13. The summed E-state index contributed by atoms with van der Waals surface area (Å²) in [6.07, 6.45) is 0. The zero-order valence-electron chi connectivity index (χ0n) is 8.13. The Balaban J connectivity index is 2.95. The quantitative estimate of drug-likeness (QED) is 0.495. The topological polar surface area (TPSA) is 76.4 Å². The molecular formula is C9H13N3O2. The Morgan fingerprint density at radius 2 is 2.21 bits per heavy atom. The van der Waals surface area contributed by atoms with Crippen molar-refractivity contribution in [3.8, 4) is 5.75 Å². The van der Waals surface area contributed by atoms with Crippen LogP contribution in [0.4, 0.5) is 11.4 Å². The molecule has 1 aromatic rings. The summed E-state index contributed by atoms with van der Waals surface area (Å²) in [6.45, 7) is 1.44. The second-order valence-electron chi connectivity index (χ2n) is 2.74. The Kier molecular flexibility index (Phi) is 3.30. The second-order valence-corrected chi connectivity index (χ2v) is 2.74. The molecule has 0 atom stereocenters. The number of ether oxygens (including phenoxy) is 1. The Morgan fingerprint density at radius 3 is 2.71 bits per heavy atom. The maximum Gasteiger partial charge on any atom is 0.221 e. The summed E-state index contributed by atoms with van der Waals surface area (Å²) in [6, 6.07) is 5.15. The molecule has 0 unspecified atom stereocenters. The lowest BCUT2D eigenvalue weighted by Gasteiger charge is -2.09. The molecule has 4 N–H and O–H groups in total. The van der Waals surface area contributed by atoms with E-state index in [4.69, 9.17) is 10.6 Å². The van der Waals surface area contributed by atoms with Crippen molar-refractivity contribution in [1.82, 2.24) is 0 Å². The molecule has 1 rings (SSSR count). The van der Waals surface area contributed by atoms with Gasteiger partial charge < -0.3 is 15.5 Å². The highest BCUT2D eigenvalue weighted by Gasteiger charge is 2.03. The lowest BCUT2D eigenvalue weighted by molar-refractivity contribution is -0.114. The molecule has 14 heavy (non-hydrogen) atoms. The van der Waals surface area contributed by atoms with Gasteiger partial charge in [0.25, 0.3) is 0 Å². The minimum Gasteiger partial charge on any atom is -0.495 e. The molecule has 0 aliphatic carbocycles. The minimum absolute atomic E-state index is 0.127. The molecular weight excluding hydrogens is 182 g/mol. The first-order chi connectivity index (χ1) is 6.67. The summed E-state index contributed by atoms with van der Waals surface area (Å²) < 4.78 is 5.04. The average molecular weight is 195 g/mol. The number of nitrogens with two attached hydrogens (primary N) is 1. The van der Waals surface area contributed by atoms with E-state index in [1.165, 1.54) is 6.92 Å². The fourth-order valence-electron chi connectivity index (χ4n) is 1.10. The minimum atomic E-state index is -0.127. The van der Waals surface area contributed by atoms with E-state index in [-0.39, 0.29) is 5.91 Å². The van der Waals surface area contributed by atoms with E-state index in [1.54, 1.807) is 25.3 Å². The van der Waals surface area contributed by atoms with Crippen LogP contribution in [0.2, 0.25) is 0 Å². The molecule has 0 saturated carbocycles. The van der Waals surface area contributed by atoms with Crippen molar-refractivity contribution in [2.45, 2.75) is 6.92 Å². The number of benzene rings is 1. The molecule has 0 aliphatic heterocycles. The van der Waals surface area contributed by atoms with Crippen molar-refractivity contribution in [3.05, 3.63) is 18.2 Å². The van der Waals surface area contributed by atoms with Gasteiger partial charge in [0, 0.05) is 12.6 Å². The lowest BCUT2D eigenvalue weighted by atomic mass is 10.2. The summed E-state index contributed by atoms with van der Waals surface area (Å²) in [4.78, 5) is 10.8. The first-order valence-corrected chi connectivity index (χ1v) is 4.09. The van der Waals surface area contributed by atoms with Gasteiger partial charge in [-0.05, 0) is 18.2 Å². The molecule has 0 radical (unpaired) electrons. The first-order valence-electron chi connectivity index (χ1n) is 4.09. The van der Waals surface area contributed by atoms with E-state index in [9.17, 15) is 4.79 Å². The van der Waals surface area contributed by atoms with Crippen LogP contribution in [0.1, 0.15) is 6.92 Å². The van der Waals surface area contributed by atoms with E-state index in [0.29, 0.717) is 17.1 Å². The largest absolute Gasteiger partial charge is 0.495 e. The maximum absolute atomic E-state index is 10.8. The predicted octanol–water partition coefficient (Wildman–Crippen LogP) is 0.939. The number of carbonyl (C=O) groups is 1. The number of methoxy groups -OCH3 is 1. The van der Waals surface area contributed by atoms with Crippen LogP contribution in [-0.4, -0.2) is 13.0 Å². The first kappa shape index (κ1) is 10.3. The predicted molar refractivity (Wildman–Crippen MR) is 55.1 cm³/mol. The fourth-order valence-corrected chi connectivity index (χ4v) is 1.10. The molecule has 76 valence electrons. The Labute approximate surface area is 82.2 Å². The number of rotatable bonds is 3. The Morgan fingerprint density at radius 1 is 1.50 bits per heavy atom. The van der Waals surface area contributed by atoms with Gasteiger partial charge in [0.1, 0.15) is 5.75 Å². The third-order valence-corrected chi connectivity index (χ3v) is 1.68. The summed E-state index contributed by atoms with van der Waals surface area (Å²) in [7, 11) is 1.55. The molecule has 5 nitrogen and oxygen atoms in total. The van der Waals surface area contributed by atoms with Crippen LogP contribution in [0.3, 0.4) is 0 Å². The number of hydrogen-bond donors (Lipinski definition) is 3. The van der Waals surface area contributed by atoms with E-state index in [0.717, 1.165) is 0 Å². The SMILES string of the molecule is COc1ccc(NC(C)=O)cc1NN. The lowest BCUT2D eigenvalue weighted by Crippen LogP contribution is -2.10. The van der Waals surface area contributed by atoms with Crippen LogP contribution in [-0.2, 0) is 4.79 Å². The van der Waals surface area contributed by atoms with Gasteiger partial charge in [0.05, 0.1) is 12.8 Å². The van der Waals surface area contributed by atoms with Gasteiger partial charge in [-0.15, -0.1) is 0 Å². The van der Waals surface area contributed by atoms with Crippen LogP contribution in [0.15, 0.2) is 18.2 Å². The van der Waals surface area contributed by atoms with Gasteiger partial charge in [-0.1, -0.05) is 0 Å². The number of anilines is 2. The van der Waals surface area contributed by atoms with Crippen molar-refractivity contribution in [2.75, 3.05) is 17.9 Å². The number of hydrazine groups is 1. The van der Waals surface area contributed by atoms with Gasteiger partial charge in [-0.25, -0.2) is 0 Å². The monoisotopic (exact) mass is 195 g/mol.